The molecule has 32 valence electrons. The average molecular weight is 107 g/mol. The van der Waals surface area contributed by atoms with Gasteiger partial charge >= 0.3 is 0 Å². The van der Waals surface area contributed by atoms with Gasteiger partial charge in [-0.25, -0.2) is 0 Å². The first-order valence-electron chi connectivity index (χ1n) is 2.19. The molecule has 0 rings (SSSR count). The Labute approximate surface area is 38.0 Å². The van der Waals surface area contributed by atoms with Crippen LogP contribution in [0.25, 0.3) is 0 Å². The summed E-state index contributed by atoms with van der Waals surface area (Å²) in [6, 6.07) is 0. The van der Waals surface area contributed by atoms with Gasteiger partial charge in [-0.1, -0.05) is 6.55 Å². The molecule has 0 heterocycles. The van der Waals surface area contributed by atoms with Gasteiger partial charge in [-0.2, -0.15) is 0 Å². The summed E-state index contributed by atoms with van der Waals surface area (Å²) in [5, 5.41) is 0. The molecular weight excluding hydrogens is 95.1 g/mol. The molecule has 0 saturated carbocycles. The molecule has 5 heavy (non-hydrogen) atoms. The van der Waals surface area contributed by atoms with Crippen LogP contribution in [0.4, 0.5) is 0 Å². The Bertz CT molecular complexity index is 14.4. The molecule has 0 aliphatic rings. The third kappa shape index (κ3) is 4.65. The molecule has 2 heteroatoms. The Kier molecular flexibility index (Phi) is 5.25. The van der Waals surface area contributed by atoms with Crippen LogP contribution in [0.15, 0.2) is 0 Å². The van der Waals surface area contributed by atoms with Crippen LogP contribution in [0.1, 0.15) is 0 Å². The third-order valence-electron chi connectivity index (χ3n) is 0.577. The topological polar surface area (TPSA) is 0 Å². The van der Waals surface area contributed by atoms with Crippen molar-refractivity contribution in [2.75, 3.05) is 12.5 Å². The van der Waals surface area contributed by atoms with E-state index in [1.165, 1.54) is 0 Å². The van der Waals surface area contributed by atoms with Crippen molar-refractivity contribution in [2.24, 2.45) is 0 Å². The van der Waals surface area contributed by atoms with E-state index in [-0.39, 0.29) is 0 Å². The molecule has 0 aliphatic heterocycles. The summed E-state index contributed by atoms with van der Waals surface area (Å²) in [5.41, 5.74) is 0. The molecule has 0 nitrogen and oxygen atoms in total. The highest BCUT2D eigenvalue weighted by Crippen LogP contribution is 1.96. The minimum Gasteiger partial charge on any atom is -0.0715 e. The van der Waals surface area contributed by atoms with Crippen LogP contribution >= 0.6 is 8.58 Å². The second kappa shape index (κ2) is 4.65. The lowest BCUT2D eigenvalue weighted by molar-refractivity contribution is 2.02. The lowest BCUT2D eigenvalue weighted by Gasteiger charge is -1.71. The van der Waals surface area contributed by atoms with Crippen molar-refractivity contribution in [1.29, 1.82) is 0 Å². The average Bonchev–Trinajstić information content (AvgIpc) is 1.41. The van der Waals surface area contributed by atoms with Crippen molar-refractivity contribution in [3.8, 4) is 0 Å². The first-order valence-corrected chi connectivity index (χ1v) is 6.58. The van der Waals surface area contributed by atoms with Crippen LogP contribution in [0.5, 0.6) is 0 Å². The number of rotatable bonds is 2. The largest absolute Gasteiger partial charge is 0.0715 e. The maximum Gasteiger partial charge on any atom is 0.0625 e. The Hall–Kier alpha value is 0.647. The van der Waals surface area contributed by atoms with Crippen molar-refractivity contribution < 1.29 is 0 Å². The van der Waals surface area contributed by atoms with E-state index in [2.05, 4.69) is 13.2 Å². The predicted molar refractivity (Wildman–Crippen MR) is 34.9 cm³/mol. The lowest BCUT2D eigenvalue weighted by atomic mass is 11.8. The van der Waals surface area contributed by atoms with Crippen molar-refractivity contribution >= 4 is 18.1 Å². The van der Waals surface area contributed by atoms with Crippen LogP contribution in [-0.4, -0.2) is 22.0 Å². The molecule has 0 N–H and O–H groups in total. The Morgan fingerprint density at radius 2 is 2.40 bits per heavy atom. The fraction of sp³-hybridized carbons (Fsp3) is 1.00. The molecular formula is C3H12PSi+. The monoisotopic (exact) mass is 107 g/mol. The summed E-state index contributed by atoms with van der Waals surface area (Å²) in [4.78, 5) is 0. The van der Waals surface area contributed by atoms with Crippen molar-refractivity contribution in [2.45, 2.75) is 6.55 Å². The lowest BCUT2D eigenvalue weighted by Crippen LogP contribution is -1.79. The molecule has 1 atom stereocenters. The highest BCUT2D eigenvalue weighted by atomic mass is 31.1. The maximum absolute atomic E-state index is 2.37. The van der Waals surface area contributed by atoms with Gasteiger partial charge in [-0.15, -0.1) is 0 Å². The van der Waals surface area contributed by atoms with E-state index in [4.69, 9.17) is 0 Å². The highest BCUT2D eigenvalue weighted by molar-refractivity contribution is 7.39. The summed E-state index contributed by atoms with van der Waals surface area (Å²) < 4.78 is 0. The summed E-state index contributed by atoms with van der Waals surface area (Å²) in [6.45, 7) is 4.70. The molecule has 0 bridgehead atoms. The van der Waals surface area contributed by atoms with E-state index in [1.807, 2.05) is 0 Å². The SMILES string of the molecule is C[SiH2]C[PH2+]C. The normalized spacial score (nSPS) is 13.2. The molecule has 1 unspecified atom stereocenters. The molecule has 0 saturated heterocycles. The van der Waals surface area contributed by atoms with Gasteiger partial charge in [-0.05, 0) is 8.58 Å². The fourth-order valence-electron chi connectivity index (χ4n) is 0.289. The van der Waals surface area contributed by atoms with Crippen molar-refractivity contribution in [3.05, 3.63) is 0 Å². The van der Waals surface area contributed by atoms with Crippen LogP contribution in [0, 0.1) is 0 Å². The second-order valence-electron chi connectivity index (χ2n) is 1.20. The van der Waals surface area contributed by atoms with Crippen LogP contribution in [0.3, 0.4) is 0 Å². The standard InChI is InChI=1S/C3H11PSi/c1-4-3-5-2/h4H,3,5H2,1-2H3/p+1. The molecule has 0 aromatic carbocycles. The van der Waals surface area contributed by atoms with Gasteiger partial charge in [0.15, 0.2) is 0 Å². The quantitative estimate of drug-likeness (QED) is 0.349. The predicted octanol–water partition coefficient (Wildman–Crippen LogP) is 0.201. The van der Waals surface area contributed by atoms with Crippen molar-refractivity contribution in [3.63, 3.8) is 0 Å². The van der Waals surface area contributed by atoms with Crippen molar-refractivity contribution in [1.82, 2.24) is 0 Å². The summed E-state index contributed by atoms with van der Waals surface area (Å²) in [7, 11) is 1.30. The van der Waals surface area contributed by atoms with E-state index in [1.54, 1.807) is 5.79 Å². The summed E-state index contributed by atoms with van der Waals surface area (Å²) in [5.74, 6) is 1.61. The van der Waals surface area contributed by atoms with Crippen LogP contribution in [0.2, 0.25) is 6.55 Å². The molecule has 0 aromatic heterocycles. The molecule has 0 radical (unpaired) electrons. The molecule has 0 fully saturated rings. The van der Waals surface area contributed by atoms with Gasteiger partial charge in [-0.3, -0.25) is 0 Å². The second-order valence-corrected chi connectivity index (χ2v) is 5.32. The van der Waals surface area contributed by atoms with Gasteiger partial charge < -0.3 is 0 Å². The van der Waals surface area contributed by atoms with Crippen LogP contribution in [-0.2, 0) is 0 Å². The van der Waals surface area contributed by atoms with E-state index in [0.29, 0.717) is 9.52 Å². The highest BCUT2D eigenvalue weighted by Gasteiger charge is 1.76. The smallest absolute Gasteiger partial charge is 0.0625 e. The van der Waals surface area contributed by atoms with E-state index < -0.39 is 0 Å². The maximum atomic E-state index is 2.37. The first kappa shape index (κ1) is 5.65. The number of hydrogen-bond acceptors (Lipinski definition) is 0. The minimum atomic E-state index is 0.451. The number of hydrogen-bond donors (Lipinski definition) is 0. The van der Waals surface area contributed by atoms with E-state index in [9.17, 15) is 0 Å². The van der Waals surface area contributed by atoms with Gasteiger partial charge in [0.1, 0.15) is 0 Å². The Balaban J connectivity index is 2.19. The first-order chi connectivity index (χ1) is 2.41. The zero-order valence-corrected chi connectivity index (χ0v) is 6.56. The Morgan fingerprint density at radius 3 is 2.40 bits per heavy atom. The van der Waals surface area contributed by atoms with E-state index in [0.717, 1.165) is 8.58 Å². The molecule has 0 aliphatic carbocycles. The van der Waals surface area contributed by atoms with Gasteiger partial charge in [0.2, 0.25) is 0 Å². The fourth-order valence-corrected chi connectivity index (χ4v) is 2.60. The summed E-state index contributed by atoms with van der Waals surface area (Å²) in [6.07, 6.45) is 0. The van der Waals surface area contributed by atoms with Gasteiger partial charge in [0.05, 0.1) is 9.52 Å². The minimum absolute atomic E-state index is 0.451. The van der Waals surface area contributed by atoms with E-state index >= 15 is 0 Å². The Morgan fingerprint density at radius 1 is 1.80 bits per heavy atom. The molecule has 0 amide bonds. The molecule has 0 aromatic rings. The zero-order valence-electron chi connectivity index (χ0n) is 3.99. The van der Waals surface area contributed by atoms with Gasteiger partial charge in [0, 0.05) is 12.5 Å². The summed E-state index contributed by atoms with van der Waals surface area (Å²) >= 11 is 0. The third-order valence-corrected chi connectivity index (χ3v) is 5.20. The molecule has 0 spiro atoms. The van der Waals surface area contributed by atoms with Crippen LogP contribution < -0.4 is 0 Å². The zero-order chi connectivity index (χ0) is 4.12. The van der Waals surface area contributed by atoms with Gasteiger partial charge in [0.25, 0.3) is 0 Å².